The quantitative estimate of drug-likeness (QED) is 0.194. The Morgan fingerprint density at radius 2 is 1.04 bits per heavy atom. The summed E-state index contributed by atoms with van der Waals surface area (Å²) in [6.45, 7) is 3.79. The smallest absolute Gasteiger partial charge is 0.748 e. The van der Waals surface area contributed by atoms with Crippen molar-refractivity contribution >= 4 is 10.1 Å². The zero-order valence-electron chi connectivity index (χ0n) is 18.3. The Bertz CT molecular complexity index is 399. The molecule has 0 spiro atoms. The van der Waals surface area contributed by atoms with Gasteiger partial charge in [0.15, 0.2) is 0 Å². The van der Waals surface area contributed by atoms with Gasteiger partial charge >= 0.3 is 51.4 Å². The van der Waals surface area contributed by atoms with E-state index in [9.17, 15) is 18.1 Å². The maximum atomic E-state index is 11.1. The van der Waals surface area contributed by atoms with Gasteiger partial charge in [0.05, 0.1) is 16.2 Å². The van der Waals surface area contributed by atoms with Crippen LogP contribution in [0.2, 0.25) is 0 Å². The summed E-state index contributed by atoms with van der Waals surface area (Å²) in [5, 5.41) is 8.52. The van der Waals surface area contributed by atoms with E-state index in [1.165, 1.54) is 57.8 Å². The van der Waals surface area contributed by atoms with Gasteiger partial charge in [-0.3, -0.25) is 0 Å². The summed E-state index contributed by atoms with van der Waals surface area (Å²) in [7, 11) is -4.11. The van der Waals surface area contributed by atoms with Gasteiger partial charge in [-0.15, -0.1) is 0 Å². The Hall–Kier alpha value is 1.51. The minimum atomic E-state index is -4.11. The molecule has 2 atom stereocenters. The Kier molecular flexibility index (Phi) is 23.6. The number of aliphatic hydroxyl groups is 1. The first-order valence-corrected chi connectivity index (χ1v) is 12.5. The van der Waals surface area contributed by atoms with Crippen LogP contribution in [0.1, 0.15) is 123 Å². The van der Waals surface area contributed by atoms with Crippen molar-refractivity contribution in [3.63, 3.8) is 0 Å². The van der Waals surface area contributed by atoms with Crippen LogP contribution in [0.25, 0.3) is 0 Å². The second-order valence-corrected chi connectivity index (χ2v) is 9.58. The molecule has 0 aromatic heterocycles. The van der Waals surface area contributed by atoms with E-state index in [4.69, 9.17) is 0 Å². The Morgan fingerprint density at radius 1 is 0.704 bits per heavy atom. The van der Waals surface area contributed by atoms with Crippen molar-refractivity contribution in [2.24, 2.45) is 0 Å². The molecule has 0 saturated carbocycles. The summed E-state index contributed by atoms with van der Waals surface area (Å²) in [4.78, 5) is 0. The van der Waals surface area contributed by atoms with Gasteiger partial charge in [-0.1, -0.05) is 96.8 Å². The fourth-order valence-electron chi connectivity index (χ4n) is 3.51. The van der Waals surface area contributed by atoms with Gasteiger partial charge in [-0.2, -0.15) is 0 Å². The van der Waals surface area contributed by atoms with Crippen molar-refractivity contribution in [1.82, 2.24) is 0 Å². The molecule has 0 radical (unpaired) electrons. The van der Waals surface area contributed by atoms with Gasteiger partial charge in [0.1, 0.15) is 0 Å². The van der Waals surface area contributed by atoms with E-state index in [0.29, 0.717) is 12.8 Å². The molecule has 0 fully saturated rings. The summed E-state index contributed by atoms with van der Waals surface area (Å²) in [5.74, 6) is 0. The van der Waals surface area contributed by atoms with E-state index < -0.39 is 15.4 Å². The minimum Gasteiger partial charge on any atom is -0.748 e. The molecule has 0 aromatic carbocycles. The summed E-state index contributed by atoms with van der Waals surface area (Å²) in [5.41, 5.74) is 0. The van der Waals surface area contributed by atoms with Gasteiger partial charge in [0.25, 0.3) is 0 Å². The second kappa shape index (κ2) is 20.8. The topological polar surface area (TPSA) is 77.4 Å². The maximum Gasteiger partial charge on any atom is 1.00 e. The molecule has 0 aliphatic carbocycles. The van der Waals surface area contributed by atoms with E-state index in [-0.39, 0.29) is 57.5 Å². The zero-order valence-corrected chi connectivity index (χ0v) is 22.2. The zero-order chi connectivity index (χ0) is 19.7. The molecule has 158 valence electrons. The van der Waals surface area contributed by atoms with E-state index in [1.807, 2.05) is 13.8 Å². The molecule has 0 amide bonds. The number of aliphatic hydroxyl groups excluding tert-OH is 1. The Balaban J connectivity index is 0. The monoisotopic (exact) mass is 430 g/mol. The molecule has 27 heavy (non-hydrogen) atoms. The molecule has 0 rings (SSSR count). The van der Waals surface area contributed by atoms with Crippen molar-refractivity contribution in [3.05, 3.63) is 0 Å². The van der Waals surface area contributed by atoms with E-state index in [2.05, 4.69) is 0 Å². The van der Waals surface area contributed by atoms with Crippen molar-refractivity contribution in [3.8, 4) is 0 Å². The molecule has 0 saturated heterocycles. The van der Waals surface area contributed by atoms with Crippen molar-refractivity contribution in [1.29, 1.82) is 0 Å². The molecule has 0 heterocycles. The average molecular weight is 431 g/mol. The van der Waals surface area contributed by atoms with Crippen molar-refractivity contribution in [2.75, 3.05) is 0 Å². The van der Waals surface area contributed by atoms with Crippen LogP contribution in [0, 0.1) is 0 Å². The van der Waals surface area contributed by atoms with Gasteiger partial charge in [-0.05, 0) is 26.2 Å². The van der Waals surface area contributed by atoms with Gasteiger partial charge < -0.3 is 9.66 Å². The third-order valence-electron chi connectivity index (χ3n) is 5.17. The molecule has 0 bridgehead atoms. The largest absolute Gasteiger partial charge is 1.00 e. The summed E-state index contributed by atoms with van der Waals surface area (Å²) in [6.07, 6.45) is 18.4. The Morgan fingerprint density at radius 3 is 1.33 bits per heavy atom. The maximum absolute atomic E-state index is 11.1. The van der Waals surface area contributed by atoms with Crippen LogP contribution in [0.4, 0.5) is 0 Å². The van der Waals surface area contributed by atoms with Crippen LogP contribution in [-0.2, 0) is 10.1 Å². The third-order valence-corrected chi connectivity index (χ3v) is 6.45. The van der Waals surface area contributed by atoms with Gasteiger partial charge in [0, 0.05) is 5.25 Å². The number of hydrogen-bond acceptors (Lipinski definition) is 4. The predicted octanol–water partition coefficient (Wildman–Crippen LogP) is 2.94. The fraction of sp³-hybridized carbons (Fsp3) is 1.00. The first kappa shape index (κ1) is 30.7. The molecule has 4 nitrogen and oxygen atoms in total. The first-order chi connectivity index (χ1) is 12.4. The number of unbranched alkanes of at least 4 members (excludes halogenated alkanes) is 12. The summed E-state index contributed by atoms with van der Waals surface area (Å²) >= 11 is 0. The van der Waals surface area contributed by atoms with Crippen LogP contribution in [0.15, 0.2) is 0 Å². The summed E-state index contributed by atoms with van der Waals surface area (Å²) in [6, 6.07) is 0. The van der Waals surface area contributed by atoms with Crippen LogP contribution in [0.5, 0.6) is 0 Å². The number of rotatable bonds is 19. The summed E-state index contributed by atoms with van der Waals surface area (Å²) < 4.78 is 33.4. The predicted molar refractivity (Wildman–Crippen MR) is 109 cm³/mol. The second-order valence-electron chi connectivity index (χ2n) is 7.93. The van der Waals surface area contributed by atoms with Crippen molar-refractivity contribution in [2.45, 2.75) is 134 Å². The first-order valence-electron chi connectivity index (χ1n) is 11.0. The standard InChI is InChI=1S/C21H44O4S.K/c1-3-17-21(26(23,24)25)19-16-14-12-10-8-6-4-5-7-9-11-13-15-18-20(2)22;/h20-22H,3-19H2,1-2H3,(H,23,24,25);/q;+1/p-1. The molecule has 0 aliphatic heterocycles. The van der Waals surface area contributed by atoms with Crippen molar-refractivity contribution < 1.29 is 69.5 Å². The van der Waals surface area contributed by atoms with E-state index in [1.54, 1.807) is 0 Å². The van der Waals surface area contributed by atoms with Crippen LogP contribution < -0.4 is 51.4 Å². The van der Waals surface area contributed by atoms with Crippen LogP contribution >= 0.6 is 0 Å². The van der Waals surface area contributed by atoms with E-state index in [0.717, 1.165) is 38.5 Å². The molecular weight excluding hydrogens is 387 g/mol. The molecular formula is C21H43KO4S. The SMILES string of the molecule is CCCC(CCCCCCCCCCCCCCCC(C)O)S(=O)(=O)[O-].[K+]. The van der Waals surface area contributed by atoms with E-state index >= 15 is 0 Å². The average Bonchev–Trinajstić information content (AvgIpc) is 2.56. The molecule has 6 heteroatoms. The van der Waals surface area contributed by atoms with Crippen LogP contribution in [0.3, 0.4) is 0 Å². The normalized spacial score (nSPS) is 13.9. The molecule has 0 aromatic rings. The van der Waals surface area contributed by atoms with Gasteiger partial charge in [0.2, 0.25) is 0 Å². The van der Waals surface area contributed by atoms with Crippen LogP contribution in [-0.4, -0.2) is 29.4 Å². The number of hydrogen-bond donors (Lipinski definition) is 1. The van der Waals surface area contributed by atoms with Gasteiger partial charge in [-0.25, -0.2) is 8.42 Å². The third kappa shape index (κ3) is 22.0. The Labute approximate surface area is 211 Å². The molecule has 0 aliphatic rings. The fourth-order valence-corrected chi connectivity index (χ4v) is 4.49. The minimum absolute atomic E-state index is 0. The molecule has 2 unspecified atom stereocenters. The molecule has 1 N–H and O–H groups in total.